The molecule has 2 aromatic carbocycles. The molecule has 1 aliphatic rings. The van der Waals surface area contributed by atoms with E-state index in [1.54, 1.807) is 0 Å². The van der Waals surface area contributed by atoms with E-state index in [9.17, 15) is 0 Å². The molecule has 0 unspecified atom stereocenters. The van der Waals surface area contributed by atoms with Crippen LogP contribution >= 0.6 is 0 Å². The number of rotatable bonds is 1. The second-order valence-electron chi connectivity index (χ2n) is 4.16. The molecular weight excluding hydrogens is 283 g/mol. The molecular formula is C15H12NY-. The fourth-order valence-electron chi connectivity index (χ4n) is 2.11. The van der Waals surface area contributed by atoms with Crippen molar-refractivity contribution in [2.45, 2.75) is 13.3 Å². The average molecular weight is 295 g/mol. The molecule has 0 fully saturated rings. The molecule has 0 aromatic heterocycles. The molecule has 17 heavy (non-hydrogen) atoms. The Balaban J connectivity index is 0.00000108. The smallest absolute Gasteiger partial charge is 0.0664 e. The number of hydrogen-bond acceptors (Lipinski definition) is 1. The number of aliphatic imine (C=N–C) groups is 1. The third-order valence-electron chi connectivity index (χ3n) is 2.88. The molecule has 2 aromatic rings. The van der Waals surface area contributed by atoms with Gasteiger partial charge in [-0.3, -0.25) is 4.99 Å². The van der Waals surface area contributed by atoms with Gasteiger partial charge < -0.3 is 0 Å². The SMILES string of the molecule is CC1=Nc2ccc(-c3c[c-]ccc3)cc2C1.[Y]. The average Bonchev–Trinajstić information content (AvgIpc) is 2.69. The zero-order valence-electron chi connectivity index (χ0n) is 9.77. The van der Waals surface area contributed by atoms with Gasteiger partial charge in [-0.1, -0.05) is 17.7 Å². The van der Waals surface area contributed by atoms with Crippen molar-refractivity contribution >= 4 is 11.4 Å². The van der Waals surface area contributed by atoms with Crippen molar-refractivity contribution in [3.05, 3.63) is 54.1 Å². The van der Waals surface area contributed by atoms with Crippen LogP contribution in [0.25, 0.3) is 11.1 Å². The minimum Gasteiger partial charge on any atom is -0.257 e. The first-order valence-electron chi connectivity index (χ1n) is 5.46. The molecule has 1 nitrogen and oxygen atoms in total. The first-order valence-corrected chi connectivity index (χ1v) is 5.46. The van der Waals surface area contributed by atoms with E-state index in [2.05, 4.69) is 42.2 Å². The Morgan fingerprint density at radius 2 is 2.06 bits per heavy atom. The van der Waals surface area contributed by atoms with Crippen molar-refractivity contribution in [1.82, 2.24) is 0 Å². The second-order valence-corrected chi connectivity index (χ2v) is 4.16. The second kappa shape index (κ2) is 5.24. The molecule has 81 valence electrons. The van der Waals surface area contributed by atoms with Gasteiger partial charge in [0, 0.05) is 44.8 Å². The molecule has 1 aliphatic heterocycles. The molecule has 0 N–H and O–H groups in total. The number of benzene rings is 2. The summed E-state index contributed by atoms with van der Waals surface area (Å²) in [6.45, 7) is 2.08. The monoisotopic (exact) mass is 295 g/mol. The largest absolute Gasteiger partial charge is 0.257 e. The van der Waals surface area contributed by atoms with Crippen LogP contribution < -0.4 is 0 Å². The van der Waals surface area contributed by atoms with Gasteiger partial charge in [-0.15, -0.1) is 5.56 Å². The van der Waals surface area contributed by atoms with E-state index < -0.39 is 0 Å². The molecule has 1 radical (unpaired) electrons. The van der Waals surface area contributed by atoms with Crippen LogP contribution in [0.1, 0.15) is 12.5 Å². The Hall–Kier alpha value is -0.786. The zero-order valence-corrected chi connectivity index (χ0v) is 12.6. The van der Waals surface area contributed by atoms with Gasteiger partial charge in [0.1, 0.15) is 0 Å². The van der Waals surface area contributed by atoms with Crippen molar-refractivity contribution in [1.29, 1.82) is 0 Å². The number of fused-ring (bicyclic) bond motifs is 1. The fourth-order valence-corrected chi connectivity index (χ4v) is 2.11. The standard InChI is InChI=1S/C15H12N.Y/c1-11-9-14-10-13(7-8-15(14)16-11)12-5-3-2-4-6-12;/h2-3,5-8,10H,9H2,1H3;/q-1;. The predicted molar refractivity (Wildman–Crippen MR) is 67.2 cm³/mol. The third kappa shape index (κ3) is 2.56. The molecule has 0 saturated heterocycles. The predicted octanol–water partition coefficient (Wildman–Crippen LogP) is 3.80. The summed E-state index contributed by atoms with van der Waals surface area (Å²) in [6, 6.07) is 17.6. The first kappa shape index (κ1) is 12.7. The zero-order chi connectivity index (χ0) is 11.0. The molecule has 0 saturated carbocycles. The summed E-state index contributed by atoms with van der Waals surface area (Å²) in [6.07, 6.45) is 0.986. The number of nitrogens with zero attached hydrogens (tertiary/aromatic N) is 1. The maximum atomic E-state index is 4.50. The van der Waals surface area contributed by atoms with Crippen molar-refractivity contribution in [3.8, 4) is 11.1 Å². The summed E-state index contributed by atoms with van der Waals surface area (Å²) in [5.41, 5.74) is 6.13. The fraction of sp³-hybridized carbons (Fsp3) is 0.133. The summed E-state index contributed by atoms with van der Waals surface area (Å²) in [5.74, 6) is 0. The molecule has 1 heterocycles. The summed E-state index contributed by atoms with van der Waals surface area (Å²) in [5, 5.41) is 0. The Labute approximate surface area is 127 Å². The van der Waals surface area contributed by atoms with Crippen LogP contribution in [0.15, 0.2) is 47.5 Å². The number of hydrogen-bond donors (Lipinski definition) is 0. The molecule has 0 aliphatic carbocycles. The molecule has 0 bridgehead atoms. The summed E-state index contributed by atoms with van der Waals surface area (Å²) < 4.78 is 0. The van der Waals surface area contributed by atoms with Gasteiger partial charge in [0.25, 0.3) is 0 Å². The van der Waals surface area contributed by atoms with Gasteiger partial charge >= 0.3 is 0 Å². The molecule has 0 spiro atoms. The molecule has 0 atom stereocenters. The molecule has 0 amide bonds. The van der Waals surface area contributed by atoms with Gasteiger partial charge in [-0.2, -0.15) is 30.3 Å². The Morgan fingerprint density at radius 1 is 1.18 bits per heavy atom. The van der Waals surface area contributed by atoms with E-state index in [0.717, 1.165) is 12.1 Å². The third-order valence-corrected chi connectivity index (χ3v) is 2.88. The van der Waals surface area contributed by atoms with Crippen molar-refractivity contribution in [2.24, 2.45) is 4.99 Å². The Bertz CT molecular complexity index is 558. The Kier molecular flexibility index (Phi) is 3.91. The normalized spacial score (nSPS) is 12.6. The van der Waals surface area contributed by atoms with E-state index in [1.165, 1.54) is 22.4 Å². The van der Waals surface area contributed by atoms with Gasteiger partial charge in [0.2, 0.25) is 0 Å². The van der Waals surface area contributed by atoms with Crippen LogP contribution in [0, 0.1) is 6.07 Å². The summed E-state index contributed by atoms with van der Waals surface area (Å²) >= 11 is 0. The van der Waals surface area contributed by atoms with Gasteiger partial charge in [0.15, 0.2) is 0 Å². The quantitative estimate of drug-likeness (QED) is 0.710. The first-order chi connectivity index (χ1) is 7.83. The maximum absolute atomic E-state index is 4.50. The van der Waals surface area contributed by atoms with Crippen LogP contribution in [0.4, 0.5) is 5.69 Å². The maximum Gasteiger partial charge on any atom is 0.0664 e. The van der Waals surface area contributed by atoms with Gasteiger partial charge in [0.05, 0.1) is 5.69 Å². The van der Waals surface area contributed by atoms with E-state index in [4.69, 9.17) is 0 Å². The van der Waals surface area contributed by atoms with Crippen LogP contribution in [0.2, 0.25) is 0 Å². The van der Waals surface area contributed by atoms with E-state index in [0.29, 0.717) is 0 Å². The van der Waals surface area contributed by atoms with Crippen molar-refractivity contribution in [3.63, 3.8) is 0 Å². The van der Waals surface area contributed by atoms with E-state index in [-0.39, 0.29) is 32.7 Å². The van der Waals surface area contributed by atoms with Crippen LogP contribution in [0.3, 0.4) is 0 Å². The molecule has 3 rings (SSSR count). The van der Waals surface area contributed by atoms with Crippen molar-refractivity contribution < 1.29 is 32.7 Å². The van der Waals surface area contributed by atoms with Crippen molar-refractivity contribution in [2.75, 3.05) is 0 Å². The minimum absolute atomic E-state index is 0. The van der Waals surface area contributed by atoms with Crippen LogP contribution in [-0.4, -0.2) is 5.71 Å². The van der Waals surface area contributed by atoms with Gasteiger partial charge in [-0.25, -0.2) is 0 Å². The Morgan fingerprint density at radius 3 is 2.82 bits per heavy atom. The molecule has 2 heteroatoms. The van der Waals surface area contributed by atoms with E-state index >= 15 is 0 Å². The van der Waals surface area contributed by atoms with Crippen LogP contribution in [0.5, 0.6) is 0 Å². The van der Waals surface area contributed by atoms with Crippen LogP contribution in [-0.2, 0) is 39.1 Å². The van der Waals surface area contributed by atoms with Gasteiger partial charge in [-0.05, 0) is 18.6 Å². The van der Waals surface area contributed by atoms with E-state index in [1.807, 2.05) is 18.2 Å². The minimum atomic E-state index is 0. The topological polar surface area (TPSA) is 12.4 Å². The summed E-state index contributed by atoms with van der Waals surface area (Å²) in [7, 11) is 0. The summed E-state index contributed by atoms with van der Waals surface area (Å²) in [4.78, 5) is 4.50.